The van der Waals surface area contributed by atoms with Crippen molar-refractivity contribution in [3.05, 3.63) is 0 Å². The summed E-state index contributed by atoms with van der Waals surface area (Å²) in [4.78, 5) is 0. The Morgan fingerprint density at radius 1 is 0.467 bits per heavy atom. The van der Waals surface area contributed by atoms with Crippen LogP contribution in [-0.4, -0.2) is 30.5 Å². The van der Waals surface area contributed by atoms with Crippen LogP contribution >= 0.6 is 0 Å². The Kier molecular flexibility index (Phi) is 25.0. The predicted octanol–water partition coefficient (Wildman–Crippen LogP) is 7.71. The summed E-state index contributed by atoms with van der Waals surface area (Å²) in [5.74, 6) is 0. The molecule has 0 spiro atoms. The van der Waals surface area contributed by atoms with Gasteiger partial charge in [0.1, 0.15) is 0 Å². The van der Waals surface area contributed by atoms with Gasteiger partial charge in [-0.1, -0.05) is 129 Å². The van der Waals surface area contributed by atoms with Gasteiger partial charge in [0.25, 0.3) is 0 Å². The van der Waals surface area contributed by atoms with Gasteiger partial charge in [-0.15, -0.1) is 0 Å². The molecule has 3 nitrogen and oxygen atoms in total. The zero-order valence-corrected chi connectivity index (χ0v) is 21.2. The largest absolute Gasteiger partial charge is 0.390 e. The van der Waals surface area contributed by atoms with E-state index in [1.807, 2.05) is 6.92 Å². The number of aliphatic hydroxyl groups is 1. The molecule has 0 saturated heterocycles. The van der Waals surface area contributed by atoms with Gasteiger partial charge in [0.05, 0.1) is 12.3 Å². The van der Waals surface area contributed by atoms with Crippen LogP contribution in [0.25, 0.3) is 0 Å². The van der Waals surface area contributed by atoms with Gasteiger partial charge in [-0.25, -0.2) is 0 Å². The number of rotatable bonds is 25. The molecule has 0 amide bonds. The molecule has 0 heterocycles. The van der Waals surface area contributed by atoms with Crippen LogP contribution in [-0.2, 0) is 0 Å². The third-order valence-electron chi connectivity index (χ3n) is 6.27. The summed E-state index contributed by atoms with van der Waals surface area (Å²) >= 11 is 0. The Bertz CT molecular complexity index is 283. The maximum Gasteiger partial charge on any atom is 0.0836 e. The highest BCUT2D eigenvalue weighted by Gasteiger charge is 2.12. The van der Waals surface area contributed by atoms with E-state index < -0.39 is 0 Å². The number of aliphatic hydroxyl groups excluding tert-OH is 1. The molecule has 0 aliphatic heterocycles. The molecule has 1 unspecified atom stereocenters. The van der Waals surface area contributed by atoms with Crippen LogP contribution in [0.1, 0.15) is 149 Å². The van der Waals surface area contributed by atoms with Crippen LogP contribution < -0.4 is 10.6 Å². The van der Waals surface area contributed by atoms with Gasteiger partial charge in [0.2, 0.25) is 0 Å². The molecule has 3 N–H and O–H groups in total. The van der Waals surface area contributed by atoms with Crippen molar-refractivity contribution < 1.29 is 5.11 Å². The summed E-state index contributed by atoms with van der Waals surface area (Å²) in [5, 5.41) is 17.0. The summed E-state index contributed by atoms with van der Waals surface area (Å²) in [7, 11) is 0. The standard InChI is InChI=1S/C27H58N2O/c1-4-6-8-10-12-14-16-18-20-22-24-28-27(26(3)30)29-25-23-21-19-17-15-13-11-9-7-5-2/h26-30H,4-25H2,1-3H3. The minimum Gasteiger partial charge on any atom is -0.390 e. The summed E-state index contributed by atoms with van der Waals surface area (Å²) in [6, 6.07) is 0. The Morgan fingerprint density at radius 2 is 0.733 bits per heavy atom. The lowest BCUT2D eigenvalue weighted by atomic mass is 10.1. The SMILES string of the molecule is CCCCCCCCCCCCNC(NCCCCCCCCCCCC)C(C)O. The number of unbranched alkanes of at least 4 members (excludes halogenated alkanes) is 18. The van der Waals surface area contributed by atoms with E-state index in [1.54, 1.807) is 0 Å². The fourth-order valence-corrected chi connectivity index (χ4v) is 4.15. The molecule has 0 aromatic rings. The summed E-state index contributed by atoms with van der Waals surface area (Å²) in [6.45, 7) is 8.48. The van der Waals surface area contributed by atoms with Crippen LogP contribution in [0.3, 0.4) is 0 Å². The lowest BCUT2D eigenvalue weighted by Crippen LogP contribution is -2.50. The van der Waals surface area contributed by atoms with Crippen LogP contribution in [0.2, 0.25) is 0 Å². The lowest BCUT2D eigenvalue weighted by Gasteiger charge is -2.23. The zero-order valence-electron chi connectivity index (χ0n) is 21.2. The third-order valence-corrected chi connectivity index (χ3v) is 6.27. The number of hydrogen-bond acceptors (Lipinski definition) is 3. The maximum atomic E-state index is 10.0. The van der Waals surface area contributed by atoms with Crippen molar-refractivity contribution in [2.45, 2.75) is 161 Å². The summed E-state index contributed by atoms with van der Waals surface area (Å²) < 4.78 is 0. The molecule has 0 bridgehead atoms. The smallest absolute Gasteiger partial charge is 0.0836 e. The average Bonchev–Trinajstić information content (AvgIpc) is 2.74. The summed E-state index contributed by atoms with van der Waals surface area (Å²) in [5.41, 5.74) is 0. The van der Waals surface area contributed by atoms with Gasteiger partial charge in [0.15, 0.2) is 0 Å². The van der Waals surface area contributed by atoms with Crippen LogP contribution in [0.4, 0.5) is 0 Å². The minimum absolute atomic E-state index is 0.0436. The second kappa shape index (κ2) is 25.1. The second-order valence-electron chi connectivity index (χ2n) is 9.49. The first kappa shape index (κ1) is 29.9. The van der Waals surface area contributed by atoms with Gasteiger partial charge in [-0.2, -0.15) is 0 Å². The fourth-order valence-electron chi connectivity index (χ4n) is 4.15. The Morgan fingerprint density at radius 3 is 1.00 bits per heavy atom. The normalized spacial score (nSPS) is 12.7. The van der Waals surface area contributed by atoms with Gasteiger partial charge in [-0.05, 0) is 32.9 Å². The first-order valence-corrected chi connectivity index (χ1v) is 13.9. The van der Waals surface area contributed by atoms with Gasteiger partial charge < -0.3 is 5.11 Å². The molecular formula is C27H58N2O. The van der Waals surface area contributed by atoms with E-state index >= 15 is 0 Å². The molecule has 1 atom stereocenters. The molecule has 0 rings (SSSR count). The van der Waals surface area contributed by atoms with Gasteiger partial charge in [0, 0.05) is 0 Å². The van der Waals surface area contributed by atoms with E-state index in [1.165, 1.54) is 128 Å². The third kappa shape index (κ3) is 22.6. The quantitative estimate of drug-likeness (QED) is 0.103. The van der Waals surface area contributed by atoms with Crippen molar-refractivity contribution in [3.8, 4) is 0 Å². The van der Waals surface area contributed by atoms with Crippen molar-refractivity contribution in [1.29, 1.82) is 0 Å². The van der Waals surface area contributed by atoms with Crippen molar-refractivity contribution in [2.75, 3.05) is 13.1 Å². The van der Waals surface area contributed by atoms with Crippen molar-refractivity contribution in [2.24, 2.45) is 0 Å². The molecule has 0 fully saturated rings. The molecule has 0 aliphatic carbocycles. The highest BCUT2D eigenvalue weighted by molar-refractivity contribution is 4.70. The molecule has 0 aliphatic rings. The highest BCUT2D eigenvalue weighted by atomic mass is 16.3. The molecule has 30 heavy (non-hydrogen) atoms. The molecule has 3 heteroatoms. The highest BCUT2D eigenvalue weighted by Crippen LogP contribution is 2.11. The number of hydrogen-bond donors (Lipinski definition) is 3. The Hall–Kier alpha value is -0.120. The Balaban J connectivity index is 3.42. The molecule has 0 aromatic heterocycles. The zero-order chi connectivity index (χ0) is 22.1. The van der Waals surface area contributed by atoms with E-state index in [-0.39, 0.29) is 12.3 Å². The van der Waals surface area contributed by atoms with Crippen molar-refractivity contribution in [3.63, 3.8) is 0 Å². The van der Waals surface area contributed by atoms with Crippen LogP contribution in [0, 0.1) is 0 Å². The minimum atomic E-state index is -0.337. The molecule has 0 saturated carbocycles. The van der Waals surface area contributed by atoms with E-state index in [0.717, 1.165) is 13.1 Å². The first-order valence-electron chi connectivity index (χ1n) is 13.9. The topological polar surface area (TPSA) is 44.3 Å². The summed E-state index contributed by atoms with van der Waals surface area (Å²) in [6.07, 6.45) is 27.1. The maximum absolute atomic E-state index is 10.0. The Labute approximate surface area is 190 Å². The molecule has 182 valence electrons. The average molecular weight is 427 g/mol. The van der Waals surface area contributed by atoms with E-state index in [0.29, 0.717) is 0 Å². The number of nitrogens with one attached hydrogen (secondary N) is 2. The van der Waals surface area contributed by atoms with Crippen LogP contribution in [0.15, 0.2) is 0 Å². The van der Waals surface area contributed by atoms with Crippen LogP contribution in [0.5, 0.6) is 0 Å². The van der Waals surface area contributed by atoms with Gasteiger partial charge in [-0.3, -0.25) is 10.6 Å². The monoisotopic (exact) mass is 426 g/mol. The predicted molar refractivity (Wildman–Crippen MR) is 135 cm³/mol. The van der Waals surface area contributed by atoms with E-state index in [4.69, 9.17) is 0 Å². The van der Waals surface area contributed by atoms with E-state index in [9.17, 15) is 5.11 Å². The lowest BCUT2D eigenvalue weighted by molar-refractivity contribution is 0.126. The molecule has 0 radical (unpaired) electrons. The molecular weight excluding hydrogens is 368 g/mol. The molecule has 0 aromatic carbocycles. The van der Waals surface area contributed by atoms with E-state index in [2.05, 4.69) is 24.5 Å². The van der Waals surface area contributed by atoms with Crippen molar-refractivity contribution >= 4 is 0 Å². The van der Waals surface area contributed by atoms with Gasteiger partial charge >= 0.3 is 0 Å². The fraction of sp³-hybridized carbons (Fsp3) is 1.00. The second-order valence-corrected chi connectivity index (χ2v) is 9.49. The van der Waals surface area contributed by atoms with Crippen molar-refractivity contribution in [1.82, 2.24) is 10.6 Å². The first-order chi connectivity index (χ1) is 14.7.